The van der Waals surface area contributed by atoms with Crippen LogP contribution in [0.2, 0.25) is 0 Å². The number of thioether (sulfide) groups is 1. The minimum atomic E-state index is -0.137. The lowest BCUT2D eigenvalue weighted by molar-refractivity contribution is -0.122. The minimum absolute atomic E-state index is 0.0378. The van der Waals surface area contributed by atoms with Gasteiger partial charge in [-0.15, -0.1) is 0 Å². The normalized spacial score (nSPS) is 16.2. The van der Waals surface area contributed by atoms with E-state index in [4.69, 9.17) is 9.41 Å². The molecule has 1 aliphatic heterocycles. The summed E-state index contributed by atoms with van der Waals surface area (Å²) >= 11 is 1.30. The number of Topliss-reactive ketones (excluding diaryl/α,β-unsaturated/α-hetero) is 1. The third-order valence-electron chi connectivity index (χ3n) is 4.88. The number of nitrogens with zero attached hydrogens (tertiary/aromatic N) is 2. The molecule has 1 fully saturated rings. The zero-order valence-corrected chi connectivity index (χ0v) is 18.7. The molecule has 6 nitrogen and oxygen atoms in total. The van der Waals surface area contributed by atoms with Gasteiger partial charge >= 0.3 is 0 Å². The summed E-state index contributed by atoms with van der Waals surface area (Å²) in [6.07, 6.45) is 3.30. The average Bonchev–Trinajstić information content (AvgIpc) is 3.40. The Morgan fingerprint density at radius 2 is 1.97 bits per heavy atom. The zero-order chi connectivity index (χ0) is 22.5. The summed E-state index contributed by atoms with van der Waals surface area (Å²) in [4.78, 5) is 32.2. The van der Waals surface area contributed by atoms with Crippen molar-refractivity contribution in [2.24, 2.45) is 4.99 Å². The third-order valence-corrected chi connectivity index (χ3v) is 5.88. The molecular weight excluding hydrogens is 422 g/mol. The second-order valence-corrected chi connectivity index (χ2v) is 8.22. The van der Waals surface area contributed by atoms with Gasteiger partial charge in [0.1, 0.15) is 5.76 Å². The maximum absolute atomic E-state index is 13.3. The molecule has 0 radical (unpaired) electrons. The number of anilines is 1. The Hall–Kier alpha value is -3.58. The summed E-state index contributed by atoms with van der Waals surface area (Å²) in [5.74, 6) is 0.430. The molecular formula is C25H23N3O3S. The molecule has 0 aliphatic carbocycles. The summed E-state index contributed by atoms with van der Waals surface area (Å²) < 4.78 is 5.40. The zero-order valence-electron chi connectivity index (χ0n) is 17.9. The van der Waals surface area contributed by atoms with Gasteiger partial charge in [-0.2, -0.15) is 0 Å². The fourth-order valence-corrected chi connectivity index (χ4v) is 4.26. The molecule has 0 atom stereocenters. The maximum atomic E-state index is 13.3. The number of rotatable bonds is 7. The van der Waals surface area contributed by atoms with E-state index in [9.17, 15) is 9.59 Å². The van der Waals surface area contributed by atoms with Crippen LogP contribution in [-0.4, -0.2) is 28.3 Å². The first-order valence-corrected chi connectivity index (χ1v) is 11.1. The van der Waals surface area contributed by atoms with Gasteiger partial charge in [-0.25, -0.2) is 4.99 Å². The van der Waals surface area contributed by atoms with Crippen LogP contribution in [0.4, 0.5) is 11.4 Å². The summed E-state index contributed by atoms with van der Waals surface area (Å²) in [7, 11) is 0. The number of amides is 1. The van der Waals surface area contributed by atoms with E-state index in [1.54, 1.807) is 41.5 Å². The van der Waals surface area contributed by atoms with E-state index in [2.05, 4.69) is 5.32 Å². The number of furan rings is 1. The lowest BCUT2D eigenvalue weighted by Crippen LogP contribution is -2.28. The number of amidine groups is 1. The Morgan fingerprint density at radius 3 is 2.66 bits per heavy atom. The number of carbonyl (C=O) groups is 2. The number of benzene rings is 2. The number of nitrogens with one attached hydrogen (secondary N) is 1. The molecule has 0 unspecified atom stereocenters. The first-order chi connectivity index (χ1) is 15.5. The van der Waals surface area contributed by atoms with Gasteiger partial charge in [0.2, 0.25) is 0 Å². The Labute approximate surface area is 191 Å². The summed E-state index contributed by atoms with van der Waals surface area (Å²) in [5, 5.41) is 3.83. The smallest absolute Gasteiger partial charge is 0.267 e. The topological polar surface area (TPSA) is 74.9 Å². The molecule has 2 heterocycles. The van der Waals surface area contributed by atoms with Crippen LogP contribution in [0.1, 0.15) is 35.5 Å². The van der Waals surface area contributed by atoms with Gasteiger partial charge in [-0.3, -0.25) is 14.5 Å². The van der Waals surface area contributed by atoms with Crippen molar-refractivity contribution in [3.8, 4) is 0 Å². The molecule has 0 bridgehead atoms. The van der Waals surface area contributed by atoms with E-state index in [0.717, 1.165) is 11.3 Å². The van der Waals surface area contributed by atoms with Gasteiger partial charge in [0.15, 0.2) is 11.0 Å². The fraction of sp³-hybridized carbons (Fsp3) is 0.160. The monoisotopic (exact) mass is 445 g/mol. The number of hydrogen-bond donors (Lipinski definition) is 1. The van der Waals surface area contributed by atoms with Crippen LogP contribution in [0.5, 0.6) is 0 Å². The standard InChI is InChI=1S/C25H23N3O3S/c1-3-26-21-12-11-19(17(2)29)14-22(21)27-25-28(16-18-8-5-4-6-9-18)24(30)23(32-25)15-20-10-7-13-31-20/h4-15,26H,3,16H2,1-2H3/b23-15-,27-25-. The van der Waals surface area contributed by atoms with Crippen LogP contribution in [-0.2, 0) is 11.3 Å². The van der Waals surface area contributed by atoms with Gasteiger partial charge < -0.3 is 9.73 Å². The van der Waals surface area contributed by atoms with Crippen molar-refractivity contribution in [2.45, 2.75) is 20.4 Å². The molecule has 2 aromatic carbocycles. The molecule has 1 aliphatic rings. The summed E-state index contributed by atoms with van der Waals surface area (Å²) in [6, 6.07) is 18.8. The van der Waals surface area contributed by atoms with E-state index in [-0.39, 0.29) is 11.7 Å². The van der Waals surface area contributed by atoms with Crippen LogP contribution in [0.15, 0.2) is 81.2 Å². The van der Waals surface area contributed by atoms with Crippen molar-refractivity contribution in [3.05, 3.63) is 88.7 Å². The lowest BCUT2D eigenvalue weighted by atomic mass is 10.1. The van der Waals surface area contributed by atoms with Crippen molar-refractivity contribution in [3.63, 3.8) is 0 Å². The molecule has 1 N–H and O–H groups in total. The second kappa shape index (κ2) is 9.70. The lowest BCUT2D eigenvalue weighted by Gasteiger charge is -2.16. The predicted octanol–water partition coefficient (Wildman–Crippen LogP) is 5.72. The molecule has 32 heavy (non-hydrogen) atoms. The highest BCUT2D eigenvalue weighted by molar-refractivity contribution is 8.18. The van der Waals surface area contributed by atoms with Crippen molar-refractivity contribution in [1.29, 1.82) is 0 Å². The van der Waals surface area contributed by atoms with Crippen LogP contribution in [0.25, 0.3) is 6.08 Å². The Morgan fingerprint density at radius 1 is 1.16 bits per heavy atom. The molecule has 7 heteroatoms. The largest absolute Gasteiger partial charge is 0.465 e. The van der Waals surface area contributed by atoms with Gasteiger partial charge in [-0.05, 0) is 61.5 Å². The minimum Gasteiger partial charge on any atom is -0.465 e. The first-order valence-electron chi connectivity index (χ1n) is 10.3. The SMILES string of the molecule is CCNc1ccc(C(C)=O)cc1/N=C1\S/C(=C\c2ccco2)C(=O)N1Cc1ccccc1. The molecule has 1 saturated heterocycles. The molecule has 3 aromatic rings. The van der Waals surface area contributed by atoms with E-state index in [1.807, 2.05) is 43.3 Å². The van der Waals surface area contributed by atoms with E-state index >= 15 is 0 Å². The van der Waals surface area contributed by atoms with Gasteiger partial charge in [0, 0.05) is 18.2 Å². The quantitative estimate of drug-likeness (QED) is 0.372. The van der Waals surface area contributed by atoms with E-state index in [0.29, 0.717) is 40.2 Å². The van der Waals surface area contributed by atoms with Crippen molar-refractivity contribution < 1.29 is 14.0 Å². The Kier molecular flexibility index (Phi) is 6.56. The number of aliphatic imine (C=N–C) groups is 1. The van der Waals surface area contributed by atoms with Gasteiger partial charge in [0.05, 0.1) is 29.1 Å². The summed E-state index contributed by atoms with van der Waals surface area (Å²) in [5.41, 5.74) is 2.99. The fourth-order valence-electron chi connectivity index (χ4n) is 3.29. The van der Waals surface area contributed by atoms with Crippen molar-refractivity contribution in [2.75, 3.05) is 11.9 Å². The average molecular weight is 446 g/mol. The van der Waals surface area contributed by atoms with Crippen LogP contribution >= 0.6 is 11.8 Å². The Bertz CT molecular complexity index is 1180. The van der Waals surface area contributed by atoms with E-state index in [1.165, 1.54) is 18.7 Å². The highest BCUT2D eigenvalue weighted by Crippen LogP contribution is 2.37. The van der Waals surface area contributed by atoms with Gasteiger partial charge in [0.25, 0.3) is 5.91 Å². The van der Waals surface area contributed by atoms with Gasteiger partial charge in [-0.1, -0.05) is 30.3 Å². The molecule has 4 rings (SSSR count). The summed E-state index contributed by atoms with van der Waals surface area (Å²) in [6.45, 7) is 4.62. The highest BCUT2D eigenvalue weighted by Gasteiger charge is 2.34. The molecule has 1 aromatic heterocycles. The van der Waals surface area contributed by atoms with Crippen LogP contribution in [0.3, 0.4) is 0 Å². The third kappa shape index (κ3) is 4.84. The number of hydrogen-bond acceptors (Lipinski definition) is 6. The maximum Gasteiger partial charge on any atom is 0.267 e. The van der Waals surface area contributed by atoms with Crippen LogP contribution in [0, 0.1) is 0 Å². The molecule has 162 valence electrons. The number of carbonyl (C=O) groups excluding carboxylic acids is 2. The molecule has 0 spiro atoms. The predicted molar refractivity (Wildman–Crippen MR) is 129 cm³/mol. The van der Waals surface area contributed by atoms with E-state index < -0.39 is 0 Å². The second-order valence-electron chi connectivity index (χ2n) is 7.22. The van der Waals surface area contributed by atoms with Crippen molar-refractivity contribution in [1.82, 2.24) is 4.90 Å². The van der Waals surface area contributed by atoms with Crippen LogP contribution < -0.4 is 5.32 Å². The molecule has 1 amide bonds. The first kappa shape index (κ1) is 21.6. The van der Waals surface area contributed by atoms with Crippen molar-refractivity contribution >= 4 is 46.1 Å². The number of ketones is 1. The molecule has 0 saturated carbocycles. The highest BCUT2D eigenvalue weighted by atomic mass is 32.2. The Balaban J connectivity index is 1.77.